The Bertz CT molecular complexity index is 1220. The van der Waals surface area contributed by atoms with E-state index in [0.29, 0.717) is 15.9 Å². The lowest BCUT2D eigenvalue weighted by molar-refractivity contribution is 0.359. The molecule has 3 N–H and O–H groups in total. The van der Waals surface area contributed by atoms with E-state index < -0.39 is 0 Å². The molecule has 1 aromatic carbocycles. The molecule has 6 nitrogen and oxygen atoms in total. The molecule has 144 valence electrons. The molecule has 7 heteroatoms. The largest absolute Gasteiger partial charge is 0.367 e. The Hall–Kier alpha value is -2.86. The molecule has 0 aliphatic heterocycles. The highest BCUT2D eigenvalue weighted by atomic mass is 35.5. The molecular formula is C21H22ClN5O. The minimum Gasteiger partial charge on any atom is -0.367 e. The van der Waals surface area contributed by atoms with E-state index in [-0.39, 0.29) is 17.0 Å². The molecule has 0 saturated heterocycles. The number of nitrogens with zero attached hydrogens (tertiary/aromatic N) is 2. The quantitative estimate of drug-likeness (QED) is 0.427. The van der Waals surface area contributed by atoms with Gasteiger partial charge in [-0.15, -0.1) is 0 Å². The van der Waals surface area contributed by atoms with Crippen LogP contribution in [0.5, 0.6) is 0 Å². The highest BCUT2D eigenvalue weighted by Gasteiger charge is 2.22. The van der Waals surface area contributed by atoms with E-state index in [2.05, 4.69) is 48.2 Å². The molecule has 28 heavy (non-hydrogen) atoms. The first-order chi connectivity index (χ1) is 13.3. The van der Waals surface area contributed by atoms with Crippen LogP contribution in [0.15, 0.2) is 41.6 Å². The van der Waals surface area contributed by atoms with Crippen LogP contribution in [0.25, 0.3) is 32.8 Å². The summed E-state index contributed by atoms with van der Waals surface area (Å²) in [6.45, 7) is 8.65. The number of pyridine rings is 2. The van der Waals surface area contributed by atoms with Crippen molar-refractivity contribution in [2.24, 2.45) is 5.41 Å². The van der Waals surface area contributed by atoms with Gasteiger partial charge < -0.3 is 10.3 Å². The Kier molecular flexibility index (Phi) is 4.38. The maximum Gasteiger partial charge on any atom is 0.258 e. The summed E-state index contributed by atoms with van der Waals surface area (Å²) in [6, 6.07) is 5.71. The fourth-order valence-corrected chi connectivity index (χ4v) is 3.31. The predicted octanol–water partition coefficient (Wildman–Crippen LogP) is 4.97. The summed E-state index contributed by atoms with van der Waals surface area (Å²) in [5.41, 5.74) is 2.11. The van der Waals surface area contributed by atoms with Gasteiger partial charge in [0.2, 0.25) is 0 Å². The van der Waals surface area contributed by atoms with Crippen molar-refractivity contribution in [3.63, 3.8) is 0 Å². The van der Waals surface area contributed by atoms with E-state index in [1.54, 1.807) is 18.6 Å². The Balaban J connectivity index is 2.09. The van der Waals surface area contributed by atoms with Crippen LogP contribution in [0.3, 0.4) is 0 Å². The maximum atomic E-state index is 12.7. The summed E-state index contributed by atoms with van der Waals surface area (Å²) in [4.78, 5) is 20.5. The SMILES string of the molecule is CC(Nc1nc2c(-c3cn[nH]c3)c[nH]c(=O)c2c2cc(Cl)ccc12)C(C)(C)C. The normalized spacial score (nSPS) is 13.2. The topological polar surface area (TPSA) is 86.5 Å². The van der Waals surface area contributed by atoms with Crippen LogP contribution in [0.4, 0.5) is 5.82 Å². The average Bonchev–Trinajstić information content (AvgIpc) is 3.15. The molecular weight excluding hydrogens is 374 g/mol. The highest BCUT2D eigenvalue weighted by molar-refractivity contribution is 6.32. The maximum absolute atomic E-state index is 12.7. The van der Waals surface area contributed by atoms with Gasteiger partial charge in [-0.25, -0.2) is 4.98 Å². The van der Waals surface area contributed by atoms with Gasteiger partial charge in [-0.2, -0.15) is 5.10 Å². The molecule has 0 saturated carbocycles. The van der Waals surface area contributed by atoms with Gasteiger partial charge >= 0.3 is 0 Å². The second kappa shape index (κ2) is 6.63. The Morgan fingerprint density at radius 1 is 1.18 bits per heavy atom. The fourth-order valence-electron chi connectivity index (χ4n) is 3.14. The van der Waals surface area contributed by atoms with Crippen LogP contribution in [-0.2, 0) is 0 Å². The predicted molar refractivity (Wildman–Crippen MR) is 115 cm³/mol. The highest BCUT2D eigenvalue weighted by Crippen LogP contribution is 2.35. The average molecular weight is 396 g/mol. The Morgan fingerprint density at radius 2 is 1.96 bits per heavy atom. The number of hydrogen-bond donors (Lipinski definition) is 3. The van der Waals surface area contributed by atoms with Crippen molar-refractivity contribution < 1.29 is 0 Å². The monoisotopic (exact) mass is 395 g/mol. The number of anilines is 1. The fraction of sp³-hybridized carbons (Fsp3) is 0.286. The van der Waals surface area contributed by atoms with Gasteiger partial charge in [0.05, 0.1) is 17.1 Å². The number of H-pyrrole nitrogens is 2. The molecule has 0 spiro atoms. The van der Waals surface area contributed by atoms with E-state index in [9.17, 15) is 4.79 Å². The van der Waals surface area contributed by atoms with Gasteiger partial charge in [-0.1, -0.05) is 32.4 Å². The summed E-state index contributed by atoms with van der Waals surface area (Å²) in [7, 11) is 0. The molecule has 3 aromatic heterocycles. The lowest BCUT2D eigenvalue weighted by atomic mass is 9.88. The summed E-state index contributed by atoms with van der Waals surface area (Å²) in [5.74, 6) is 0.733. The minimum atomic E-state index is -0.197. The third kappa shape index (κ3) is 3.14. The van der Waals surface area contributed by atoms with E-state index in [4.69, 9.17) is 16.6 Å². The van der Waals surface area contributed by atoms with Crippen LogP contribution in [0.2, 0.25) is 5.02 Å². The van der Waals surface area contributed by atoms with Crippen molar-refractivity contribution in [1.82, 2.24) is 20.2 Å². The van der Waals surface area contributed by atoms with Crippen molar-refractivity contribution in [2.45, 2.75) is 33.7 Å². The molecule has 3 heterocycles. The number of hydrogen-bond acceptors (Lipinski definition) is 4. The molecule has 0 bridgehead atoms. The van der Waals surface area contributed by atoms with E-state index >= 15 is 0 Å². The van der Waals surface area contributed by atoms with E-state index in [0.717, 1.165) is 27.7 Å². The van der Waals surface area contributed by atoms with E-state index in [1.165, 1.54) is 0 Å². The molecule has 4 rings (SSSR count). The summed E-state index contributed by atoms with van der Waals surface area (Å²) < 4.78 is 0. The number of aromatic amines is 2. The number of aromatic nitrogens is 4. The number of fused-ring (bicyclic) bond motifs is 3. The second-order valence-corrected chi connectivity index (χ2v) is 8.56. The van der Waals surface area contributed by atoms with Crippen LogP contribution in [-0.4, -0.2) is 26.2 Å². The third-order valence-corrected chi connectivity index (χ3v) is 5.49. The van der Waals surface area contributed by atoms with Gasteiger partial charge in [0.15, 0.2) is 0 Å². The van der Waals surface area contributed by atoms with Crippen molar-refractivity contribution in [1.29, 1.82) is 0 Å². The minimum absolute atomic E-state index is 0.0386. The molecule has 0 fully saturated rings. The van der Waals surface area contributed by atoms with Gasteiger partial charge in [-0.05, 0) is 30.5 Å². The lowest BCUT2D eigenvalue weighted by Gasteiger charge is -2.29. The van der Waals surface area contributed by atoms with Crippen LogP contribution < -0.4 is 10.9 Å². The first kappa shape index (κ1) is 18.5. The standard InChI is InChI=1S/C21H22ClN5O/c1-11(21(2,3)4)26-19-14-6-5-13(22)7-15(14)17-18(27-19)16(10-23-20(17)28)12-8-24-25-9-12/h5-11H,1-4H3,(H,23,28)(H,24,25)(H,26,27). The number of nitrogens with one attached hydrogen (secondary N) is 3. The third-order valence-electron chi connectivity index (χ3n) is 5.26. The molecule has 1 atom stereocenters. The van der Waals surface area contributed by atoms with E-state index in [1.807, 2.05) is 18.2 Å². The van der Waals surface area contributed by atoms with Crippen LogP contribution >= 0.6 is 11.6 Å². The summed E-state index contributed by atoms with van der Waals surface area (Å²) in [5, 5.41) is 13.1. The number of rotatable bonds is 3. The van der Waals surface area contributed by atoms with Gasteiger partial charge in [0.1, 0.15) is 5.82 Å². The molecule has 4 aromatic rings. The smallest absolute Gasteiger partial charge is 0.258 e. The molecule has 0 radical (unpaired) electrons. The Morgan fingerprint density at radius 3 is 2.64 bits per heavy atom. The van der Waals surface area contributed by atoms with Gasteiger partial charge in [-0.3, -0.25) is 9.89 Å². The molecule has 0 aliphatic carbocycles. The van der Waals surface area contributed by atoms with Crippen molar-refractivity contribution in [2.75, 3.05) is 5.32 Å². The number of benzene rings is 1. The van der Waals surface area contributed by atoms with Crippen molar-refractivity contribution >= 4 is 39.1 Å². The Labute approximate surface area is 167 Å². The summed E-state index contributed by atoms with van der Waals surface area (Å²) in [6.07, 6.45) is 5.17. The van der Waals surface area contributed by atoms with Crippen molar-refractivity contribution in [3.05, 3.63) is 52.2 Å². The van der Waals surface area contributed by atoms with Gasteiger partial charge in [0, 0.05) is 45.4 Å². The van der Waals surface area contributed by atoms with Gasteiger partial charge in [0.25, 0.3) is 5.56 Å². The summed E-state index contributed by atoms with van der Waals surface area (Å²) >= 11 is 6.27. The molecule has 0 amide bonds. The lowest BCUT2D eigenvalue weighted by Crippen LogP contribution is -2.31. The van der Waals surface area contributed by atoms with Crippen LogP contribution in [0.1, 0.15) is 27.7 Å². The zero-order valence-electron chi connectivity index (χ0n) is 16.2. The zero-order chi connectivity index (χ0) is 20.1. The first-order valence-corrected chi connectivity index (χ1v) is 9.54. The van der Waals surface area contributed by atoms with Crippen LogP contribution in [0, 0.1) is 5.41 Å². The van der Waals surface area contributed by atoms with Crippen molar-refractivity contribution in [3.8, 4) is 11.1 Å². The number of halogens is 1. The first-order valence-electron chi connectivity index (χ1n) is 9.16. The molecule has 0 aliphatic rings. The second-order valence-electron chi connectivity index (χ2n) is 8.12. The molecule has 1 unspecified atom stereocenters. The zero-order valence-corrected chi connectivity index (χ0v) is 17.0.